The summed E-state index contributed by atoms with van der Waals surface area (Å²) in [5, 5.41) is 34.1. The lowest BCUT2D eigenvalue weighted by Crippen LogP contribution is -2.71. The molecule has 2 amide bonds. The second-order valence-electron chi connectivity index (χ2n) is 8.80. The number of thioether (sulfide) groups is 2. The maximum atomic E-state index is 13.2. The summed E-state index contributed by atoms with van der Waals surface area (Å²) in [6, 6.07) is -1.09. The van der Waals surface area contributed by atoms with Crippen LogP contribution < -0.4 is 16.6 Å². The molecule has 6 N–H and O–H groups in total. The summed E-state index contributed by atoms with van der Waals surface area (Å²) < 4.78 is 0. The standard InChI is InChI=1S/C21H20N8O8S3/c22-19-24-9(7-39-19)11(28-37-21(18(35)36)2-1-3-21)14(31)26-12-15(32)29-13(17(33)34)8(5-38-16(12)29)6-40-20-25-10(30)4-23-27-20/h4,7,12,16H,1-3,5-6H2,(H2,22,24)(H,26,31)(H,33,34)(H,35,36)(H,25,27,30)/t12?,16-/m1/s1. The monoisotopic (exact) mass is 608 g/mol. The zero-order valence-corrected chi connectivity index (χ0v) is 22.7. The van der Waals surface area contributed by atoms with E-state index >= 15 is 0 Å². The second-order valence-corrected chi connectivity index (χ2v) is 11.8. The van der Waals surface area contributed by atoms with Gasteiger partial charge >= 0.3 is 11.9 Å². The molecule has 0 radical (unpaired) electrons. The van der Waals surface area contributed by atoms with Crippen LogP contribution in [0.15, 0.2) is 38.0 Å². The van der Waals surface area contributed by atoms with Crippen molar-refractivity contribution in [2.75, 3.05) is 17.2 Å². The number of rotatable bonds is 10. The van der Waals surface area contributed by atoms with Crippen LogP contribution in [0.2, 0.25) is 0 Å². The molecule has 1 saturated carbocycles. The Balaban J connectivity index is 1.33. The molecule has 2 atom stereocenters. The minimum Gasteiger partial charge on any atom is -0.478 e. The predicted octanol–water partition coefficient (Wildman–Crippen LogP) is -0.538. The van der Waals surface area contributed by atoms with E-state index in [1.165, 1.54) is 17.1 Å². The van der Waals surface area contributed by atoms with Crippen LogP contribution in [0.1, 0.15) is 25.0 Å². The number of carbonyl (C=O) groups excluding carboxylic acids is 2. The first-order chi connectivity index (χ1) is 19.1. The first kappa shape index (κ1) is 27.6. The Bertz CT molecular complexity index is 1520. The lowest BCUT2D eigenvalue weighted by Gasteiger charge is -2.49. The number of oxime groups is 1. The van der Waals surface area contributed by atoms with Gasteiger partial charge in [-0.25, -0.2) is 14.6 Å². The summed E-state index contributed by atoms with van der Waals surface area (Å²) in [5.74, 6) is -3.69. The van der Waals surface area contributed by atoms with Crippen molar-refractivity contribution in [1.82, 2.24) is 30.4 Å². The highest BCUT2D eigenvalue weighted by atomic mass is 32.2. The van der Waals surface area contributed by atoms with E-state index < -0.39 is 46.3 Å². The van der Waals surface area contributed by atoms with Crippen LogP contribution in [0.5, 0.6) is 0 Å². The number of aromatic nitrogens is 4. The molecule has 40 heavy (non-hydrogen) atoms. The van der Waals surface area contributed by atoms with Gasteiger partial charge in [0.2, 0.25) is 5.60 Å². The van der Waals surface area contributed by atoms with E-state index in [9.17, 15) is 34.2 Å². The van der Waals surface area contributed by atoms with E-state index in [1.54, 1.807) is 0 Å². The fraction of sp³-hybridized carbons (Fsp3) is 0.381. The highest BCUT2D eigenvalue weighted by Gasteiger charge is 2.54. The van der Waals surface area contributed by atoms with Crippen molar-refractivity contribution in [3.8, 4) is 0 Å². The Morgan fingerprint density at radius 3 is 2.70 bits per heavy atom. The lowest BCUT2D eigenvalue weighted by molar-refractivity contribution is -0.178. The number of nitrogens with one attached hydrogen (secondary N) is 2. The molecule has 1 aliphatic carbocycles. The number of hydrogen-bond donors (Lipinski definition) is 5. The van der Waals surface area contributed by atoms with Crippen LogP contribution in [0.4, 0.5) is 5.13 Å². The van der Waals surface area contributed by atoms with Crippen LogP contribution in [0.25, 0.3) is 0 Å². The molecule has 0 spiro atoms. The Kier molecular flexibility index (Phi) is 7.51. The number of nitrogens with two attached hydrogens (primary N) is 1. The molecule has 0 bridgehead atoms. The van der Waals surface area contributed by atoms with E-state index in [4.69, 9.17) is 10.6 Å². The molecule has 19 heteroatoms. The molecule has 1 unspecified atom stereocenters. The summed E-state index contributed by atoms with van der Waals surface area (Å²) >= 11 is 3.34. The molecule has 4 heterocycles. The molecule has 16 nitrogen and oxygen atoms in total. The molecule has 2 aromatic heterocycles. The van der Waals surface area contributed by atoms with Gasteiger partial charge in [-0.2, -0.15) is 5.10 Å². The highest BCUT2D eigenvalue weighted by Crippen LogP contribution is 2.41. The minimum absolute atomic E-state index is 0.0345. The molecule has 2 aromatic rings. The lowest BCUT2D eigenvalue weighted by atomic mass is 9.80. The maximum Gasteiger partial charge on any atom is 0.352 e. The van der Waals surface area contributed by atoms with Crippen LogP contribution in [0.3, 0.4) is 0 Å². The number of β-lactam (4-membered cyclic amide) rings is 1. The van der Waals surface area contributed by atoms with Gasteiger partial charge in [-0.05, 0) is 12.0 Å². The minimum atomic E-state index is -1.55. The molecule has 210 valence electrons. The topological polar surface area (TPSA) is 243 Å². The Morgan fingerprint density at radius 2 is 2.10 bits per heavy atom. The second kappa shape index (κ2) is 10.9. The third kappa shape index (κ3) is 5.13. The number of aliphatic carboxylic acids is 2. The van der Waals surface area contributed by atoms with Crippen LogP contribution in [-0.4, -0.2) is 93.3 Å². The van der Waals surface area contributed by atoms with Gasteiger partial charge in [-0.1, -0.05) is 16.9 Å². The zero-order valence-electron chi connectivity index (χ0n) is 20.2. The van der Waals surface area contributed by atoms with Gasteiger partial charge in [-0.3, -0.25) is 24.3 Å². The quantitative estimate of drug-likeness (QED) is 0.0985. The third-order valence-electron chi connectivity index (χ3n) is 6.32. The van der Waals surface area contributed by atoms with Crippen LogP contribution >= 0.6 is 34.9 Å². The normalized spacial score (nSPS) is 21.6. The number of carboxylic acid groups (broad SMARTS) is 2. The Labute approximate surface area is 236 Å². The third-order valence-corrected chi connectivity index (χ3v) is 9.28. The summed E-state index contributed by atoms with van der Waals surface area (Å²) in [7, 11) is 0. The van der Waals surface area contributed by atoms with E-state index in [0.717, 1.165) is 34.2 Å². The predicted molar refractivity (Wildman–Crippen MR) is 141 cm³/mol. The van der Waals surface area contributed by atoms with E-state index in [1.807, 2.05) is 0 Å². The average molecular weight is 609 g/mol. The highest BCUT2D eigenvalue weighted by molar-refractivity contribution is 8.01. The van der Waals surface area contributed by atoms with Gasteiger partial charge in [0.05, 0.1) is 0 Å². The molecular weight excluding hydrogens is 588 g/mol. The molecule has 3 aliphatic rings. The number of aromatic amines is 1. The summed E-state index contributed by atoms with van der Waals surface area (Å²) in [4.78, 5) is 74.4. The molecular formula is C21H20N8O8S3. The summed E-state index contributed by atoms with van der Waals surface area (Å²) in [6.45, 7) is 0. The Hall–Kier alpha value is -3.97. The summed E-state index contributed by atoms with van der Waals surface area (Å²) in [6.07, 6.45) is 2.05. The largest absolute Gasteiger partial charge is 0.478 e. The van der Waals surface area contributed by atoms with Gasteiger partial charge in [0.15, 0.2) is 16.0 Å². The molecule has 1 saturated heterocycles. The molecule has 0 aromatic carbocycles. The van der Waals surface area contributed by atoms with E-state index in [0.29, 0.717) is 12.0 Å². The van der Waals surface area contributed by atoms with Gasteiger partial charge in [0.1, 0.15) is 29.0 Å². The van der Waals surface area contributed by atoms with Crippen molar-refractivity contribution in [1.29, 1.82) is 0 Å². The van der Waals surface area contributed by atoms with Crippen molar-refractivity contribution < 1.29 is 34.2 Å². The summed E-state index contributed by atoms with van der Waals surface area (Å²) in [5.41, 5.74) is 3.57. The maximum absolute atomic E-state index is 13.2. The van der Waals surface area contributed by atoms with Gasteiger partial charge in [-0.15, -0.1) is 28.2 Å². The zero-order chi connectivity index (χ0) is 28.6. The van der Waals surface area contributed by atoms with Gasteiger partial charge in [0, 0.05) is 29.7 Å². The number of amides is 2. The molecule has 2 aliphatic heterocycles. The Morgan fingerprint density at radius 1 is 1.32 bits per heavy atom. The number of nitrogens with zero attached hydrogens (tertiary/aromatic N) is 5. The number of carbonyl (C=O) groups is 4. The number of anilines is 1. The van der Waals surface area contributed by atoms with Gasteiger partial charge in [0.25, 0.3) is 17.4 Å². The van der Waals surface area contributed by atoms with Crippen LogP contribution in [0, 0.1) is 0 Å². The van der Waals surface area contributed by atoms with E-state index in [-0.39, 0.29) is 51.7 Å². The van der Waals surface area contributed by atoms with Crippen molar-refractivity contribution in [2.24, 2.45) is 5.16 Å². The van der Waals surface area contributed by atoms with Crippen molar-refractivity contribution in [2.45, 2.75) is 41.4 Å². The SMILES string of the molecule is Nc1nc(C(=NOC2(C(=O)O)CCC2)C(=O)NC2C(=O)N3C(C(=O)O)=C(CSc4nncc(=O)[nH]4)CS[C@H]23)cs1. The molecule has 5 rings (SSSR count). The number of nitrogen functional groups attached to an aromatic ring is 1. The molecule has 2 fully saturated rings. The number of H-pyrrole nitrogens is 1. The van der Waals surface area contributed by atoms with Crippen molar-refractivity contribution >= 4 is 69.5 Å². The fourth-order valence-electron chi connectivity index (χ4n) is 4.10. The average Bonchev–Trinajstić information content (AvgIpc) is 3.32. The van der Waals surface area contributed by atoms with Crippen LogP contribution in [-0.2, 0) is 24.0 Å². The van der Waals surface area contributed by atoms with Crippen molar-refractivity contribution in [3.05, 3.63) is 38.9 Å². The van der Waals surface area contributed by atoms with E-state index in [2.05, 4.69) is 30.6 Å². The number of fused-ring (bicyclic) bond motifs is 1. The number of hydrogen-bond acceptors (Lipinski definition) is 14. The first-order valence-electron chi connectivity index (χ1n) is 11.6. The first-order valence-corrected chi connectivity index (χ1v) is 14.5. The van der Waals surface area contributed by atoms with Gasteiger partial charge < -0.3 is 26.1 Å². The number of carboxylic acids is 2. The smallest absolute Gasteiger partial charge is 0.352 e. The van der Waals surface area contributed by atoms with Crippen molar-refractivity contribution in [3.63, 3.8) is 0 Å². The fourth-order valence-corrected chi connectivity index (χ4v) is 6.95. The number of thiazole rings is 1.